The number of fused-ring (bicyclic) bond motifs is 3. The van der Waals surface area contributed by atoms with E-state index < -0.39 is 5.66 Å². The molecule has 6 rings (SSSR count). The molecule has 1 saturated carbocycles. The lowest BCUT2D eigenvalue weighted by Gasteiger charge is -2.45. The minimum atomic E-state index is -1.20. The van der Waals surface area contributed by atoms with Crippen LogP contribution in [0.25, 0.3) is 0 Å². The van der Waals surface area contributed by atoms with Gasteiger partial charge in [0, 0.05) is 17.3 Å². The van der Waals surface area contributed by atoms with Gasteiger partial charge in [-0.3, -0.25) is 9.59 Å². The second kappa shape index (κ2) is 6.20. The number of rotatable bonds is 3. The van der Waals surface area contributed by atoms with E-state index in [2.05, 4.69) is 5.32 Å². The van der Waals surface area contributed by atoms with Crippen LogP contribution >= 0.6 is 0 Å². The number of hydrogen-bond donors (Lipinski definition) is 1. The van der Waals surface area contributed by atoms with E-state index in [1.54, 1.807) is 0 Å². The maximum atomic E-state index is 14.1. The molecule has 0 unspecified atom stereocenters. The number of para-hydroxylation sites is 2. The van der Waals surface area contributed by atoms with Crippen molar-refractivity contribution in [1.29, 1.82) is 0 Å². The molecule has 2 aliphatic heterocycles. The second-order valence-corrected chi connectivity index (χ2v) is 8.18. The van der Waals surface area contributed by atoms with Crippen molar-refractivity contribution in [2.24, 2.45) is 0 Å². The average Bonchev–Trinajstić information content (AvgIpc) is 3.59. The molecule has 2 amide bonds. The maximum absolute atomic E-state index is 14.1. The van der Waals surface area contributed by atoms with E-state index in [-0.39, 0.29) is 17.9 Å². The van der Waals surface area contributed by atoms with Crippen LogP contribution in [0.3, 0.4) is 0 Å². The smallest absolute Gasteiger partial charge is 0.279 e. The molecular formula is C25H21N3O2. The third-order valence-electron chi connectivity index (χ3n) is 6.29. The van der Waals surface area contributed by atoms with Gasteiger partial charge < -0.3 is 15.1 Å². The average molecular weight is 395 g/mol. The van der Waals surface area contributed by atoms with Crippen molar-refractivity contribution in [2.75, 3.05) is 10.2 Å². The maximum Gasteiger partial charge on any atom is 0.279 e. The standard InChI is InChI=1S/C25H21N3O2/c29-23-19-10-4-6-12-21(19)26-25(28(23)18-14-15-18)20-11-5-7-13-22(20)27(24(25)30)16-17-8-2-1-3-9-17/h1-13,18,26H,14-16H2/t25-/m1/s1. The van der Waals surface area contributed by atoms with E-state index in [0.717, 1.165) is 29.7 Å². The summed E-state index contributed by atoms with van der Waals surface area (Å²) in [6.45, 7) is 0.467. The Morgan fingerprint density at radius 2 is 1.57 bits per heavy atom. The van der Waals surface area contributed by atoms with Crippen molar-refractivity contribution >= 4 is 23.2 Å². The Morgan fingerprint density at radius 1 is 0.867 bits per heavy atom. The number of carbonyl (C=O) groups excluding carboxylic acids is 2. The highest BCUT2D eigenvalue weighted by Crippen LogP contribution is 2.51. The van der Waals surface area contributed by atoms with Crippen LogP contribution in [0.15, 0.2) is 78.9 Å². The first-order chi connectivity index (χ1) is 14.7. The fourth-order valence-electron chi connectivity index (χ4n) is 4.80. The van der Waals surface area contributed by atoms with Gasteiger partial charge in [-0.2, -0.15) is 0 Å². The van der Waals surface area contributed by atoms with Gasteiger partial charge in [-0.05, 0) is 36.6 Å². The van der Waals surface area contributed by atoms with Gasteiger partial charge in [0.25, 0.3) is 11.8 Å². The molecule has 0 radical (unpaired) electrons. The summed E-state index contributed by atoms with van der Waals surface area (Å²) in [7, 11) is 0. The van der Waals surface area contributed by atoms with Gasteiger partial charge in [-0.1, -0.05) is 60.7 Å². The Balaban J connectivity index is 1.54. The lowest BCUT2D eigenvalue weighted by molar-refractivity contribution is -0.127. The summed E-state index contributed by atoms with van der Waals surface area (Å²) in [6.07, 6.45) is 1.84. The third kappa shape index (κ3) is 2.29. The summed E-state index contributed by atoms with van der Waals surface area (Å²) in [5.74, 6) is -0.168. The Hall–Kier alpha value is -3.60. The van der Waals surface area contributed by atoms with Crippen molar-refractivity contribution in [3.05, 3.63) is 95.6 Å². The molecule has 2 heterocycles. The lowest BCUT2D eigenvalue weighted by Crippen LogP contribution is -2.63. The zero-order chi connectivity index (χ0) is 20.3. The van der Waals surface area contributed by atoms with Gasteiger partial charge in [0.05, 0.1) is 17.8 Å². The molecule has 3 aromatic rings. The van der Waals surface area contributed by atoms with Crippen LogP contribution in [0.4, 0.5) is 11.4 Å². The zero-order valence-corrected chi connectivity index (χ0v) is 16.4. The Labute approximate surface area is 174 Å². The summed E-state index contributed by atoms with van der Waals surface area (Å²) < 4.78 is 0. The molecule has 5 heteroatoms. The van der Waals surface area contributed by atoms with E-state index in [1.165, 1.54) is 0 Å². The monoisotopic (exact) mass is 395 g/mol. The predicted octanol–water partition coefficient (Wildman–Crippen LogP) is 4.12. The van der Waals surface area contributed by atoms with Crippen molar-refractivity contribution in [3.8, 4) is 0 Å². The SMILES string of the molecule is O=C1c2ccccc2N[C@@]2(C(=O)N(Cc3ccccc3)c3ccccc32)N1C1CC1. The first kappa shape index (κ1) is 17.3. The number of nitrogens with zero attached hydrogens (tertiary/aromatic N) is 2. The number of carbonyl (C=O) groups is 2. The Kier molecular flexibility index (Phi) is 3.57. The van der Waals surface area contributed by atoms with Gasteiger partial charge in [-0.15, -0.1) is 0 Å². The van der Waals surface area contributed by atoms with Crippen molar-refractivity contribution in [2.45, 2.75) is 31.1 Å². The van der Waals surface area contributed by atoms with E-state index in [9.17, 15) is 9.59 Å². The summed E-state index contributed by atoms with van der Waals surface area (Å²) in [5, 5.41) is 3.51. The van der Waals surface area contributed by atoms with Crippen LogP contribution in [0.1, 0.15) is 34.3 Å². The fourth-order valence-corrected chi connectivity index (χ4v) is 4.80. The van der Waals surface area contributed by atoms with Crippen LogP contribution in [0.5, 0.6) is 0 Å². The normalized spacial score (nSPS) is 22.1. The lowest BCUT2D eigenvalue weighted by atomic mass is 9.92. The van der Waals surface area contributed by atoms with Crippen molar-refractivity contribution < 1.29 is 9.59 Å². The molecule has 0 saturated heterocycles. The molecular weight excluding hydrogens is 374 g/mol. The summed E-state index contributed by atoms with van der Waals surface area (Å²) in [6, 6.07) is 25.4. The minimum Gasteiger partial charge on any atom is -0.350 e. The van der Waals surface area contributed by atoms with Gasteiger partial charge in [0.1, 0.15) is 0 Å². The predicted molar refractivity (Wildman–Crippen MR) is 115 cm³/mol. The molecule has 0 bridgehead atoms. The molecule has 1 aliphatic carbocycles. The minimum absolute atomic E-state index is 0.0726. The largest absolute Gasteiger partial charge is 0.350 e. The fraction of sp³-hybridized carbons (Fsp3) is 0.200. The second-order valence-electron chi connectivity index (χ2n) is 8.18. The molecule has 5 nitrogen and oxygen atoms in total. The van der Waals surface area contributed by atoms with Gasteiger partial charge in [0.2, 0.25) is 5.66 Å². The van der Waals surface area contributed by atoms with Gasteiger partial charge in [0.15, 0.2) is 0 Å². The van der Waals surface area contributed by atoms with Crippen molar-refractivity contribution in [1.82, 2.24) is 4.90 Å². The molecule has 148 valence electrons. The highest BCUT2D eigenvalue weighted by molar-refractivity contribution is 6.15. The summed E-state index contributed by atoms with van der Waals surface area (Å²) in [4.78, 5) is 31.3. The van der Waals surface area contributed by atoms with Crippen LogP contribution in [-0.2, 0) is 17.0 Å². The molecule has 1 fully saturated rings. The first-order valence-corrected chi connectivity index (χ1v) is 10.4. The molecule has 1 atom stereocenters. The number of anilines is 2. The Morgan fingerprint density at radius 3 is 2.37 bits per heavy atom. The molecule has 1 spiro atoms. The molecule has 30 heavy (non-hydrogen) atoms. The molecule has 3 aliphatic rings. The number of nitrogens with one attached hydrogen (secondary N) is 1. The molecule has 3 aromatic carbocycles. The highest BCUT2D eigenvalue weighted by Gasteiger charge is 2.61. The number of benzene rings is 3. The quantitative estimate of drug-likeness (QED) is 0.726. The van der Waals surface area contributed by atoms with E-state index in [4.69, 9.17) is 0 Å². The topological polar surface area (TPSA) is 52.7 Å². The van der Waals surface area contributed by atoms with E-state index in [1.807, 2.05) is 88.7 Å². The van der Waals surface area contributed by atoms with Crippen LogP contribution in [0, 0.1) is 0 Å². The first-order valence-electron chi connectivity index (χ1n) is 10.4. The Bertz CT molecular complexity index is 1170. The number of hydrogen-bond acceptors (Lipinski definition) is 3. The van der Waals surface area contributed by atoms with Crippen molar-refractivity contribution in [3.63, 3.8) is 0 Å². The van der Waals surface area contributed by atoms with Crippen LogP contribution in [0.2, 0.25) is 0 Å². The van der Waals surface area contributed by atoms with Crippen LogP contribution < -0.4 is 10.2 Å². The number of amides is 2. The van der Waals surface area contributed by atoms with E-state index >= 15 is 0 Å². The van der Waals surface area contributed by atoms with Gasteiger partial charge in [-0.25, -0.2) is 0 Å². The zero-order valence-electron chi connectivity index (χ0n) is 16.4. The third-order valence-corrected chi connectivity index (χ3v) is 6.29. The van der Waals surface area contributed by atoms with Crippen LogP contribution in [-0.4, -0.2) is 22.8 Å². The molecule has 1 N–H and O–H groups in total. The highest BCUT2D eigenvalue weighted by atomic mass is 16.2. The molecule has 0 aromatic heterocycles. The van der Waals surface area contributed by atoms with E-state index in [0.29, 0.717) is 17.8 Å². The summed E-state index contributed by atoms with van der Waals surface area (Å²) >= 11 is 0. The van der Waals surface area contributed by atoms with Gasteiger partial charge >= 0.3 is 0 Å². The summed E-state index contributed by atoms with van der Waals surface area (Å²) in [5.41, 5.74) is 2.90.